The van der Waals surface area contributed by atoms with Gasteiger partial charge in [-0.15, -0.1) is 0 Å². The van der Waals surface area contributed by atoms with Gasteiger partial charge in [-0.1, -0.05) is 66.7 Å². The van der Waals surface area contributed by atoms with Crippen LogP contribution >= 0.6 is 0 Å². The minimum atomic E-state index is -4.41. The maximum absolute atomic E-state index is 12.9. The van der Waals surface area contributed by atoms with Crippen molar-refractivity contribution in [3.05, 3.63) is 292 Å². The van der Waals surface area contributed by atoms with E-state index in [9.17, 15) is 50.3 Å². The zero-order valence-electron chi connectivity index (χ0n) is 66.5. The maximum atomic E-state index is 12.9. The highest BCUT2D eigenvalue weighted by atomic mass is 19.4. The van der Waals surface area contributed by atoms with Gasteiger partial charge in [-0.05, 0) is 158 Å². The van der Waals surface area contributed by atoms with Crippen LogP contribution in [0, 0.1) is 0 Å². The number of halogens is 6. The highest BCUT2D eigenvalue weighted by molar-refractivity contribution is 6.03. The topological polar surface area (TPSA) is 296 Å². The first-order valence-corrected chi connectivity index (χ1v) is 38.7. The summed E-state index contributed by atoms with van der Waals surface area (Å²) in [5.41, 5.74) is 9.54. The van der Waals surface area contributed by atoms with Crippen molar-refractivity contribution >= 4 is 79.1 Å². The Hall–Kier alpha value is -13.5. The molecule has 120 heavy (non-hydrogen) atoms. The van der Waals surface area contributed by atoms with Crippen molar-refractivity contribution in [2.75, 3.05) is 47.8 Å². The Kier molecular flexibility index (Phi) is 22.5. The number of Topliss-reactive ketones (excluding diaryl/α,β-unsaturated/α-hetero) is 1. The smallest absolute Gasteiger partial charge is 0.416 e. The first kappa shape index (κ1) is 81.7. The van der Waals surface area contributed by atoms with Gasteiger partial charge in [0.1, 0.15) is 39.9 Å². The average molecular weight is 1640 g/mol. The molecule has 3 aliphatic carbocycles. The van der Waals surface area contributed by atoms with E-state index in [1.165, 1.54) is 24.3 Å². The van der Waals surface area contributed by atoms with E-state index in [0.29, 0.717) is 71.7 Å². The normalized spacial score (nSPS) is 15.7. The molecule has 0 radical (unpaired) electrons. The zero-order valence-corrected chi connectivity index (χ0v) is 66.5. The number of carbonyl (C=O) groups excluding carboxylic acids is 5. The molecule has 19 rings (SSSR count). The highest BCUT2D eigenvalue weighted by Crippen LogP contribution is 2.47. The number of nitrogens with zero attached hydrogens (tertiary/aromatic N) is 6. The van der Waals surface area contributed by atoms with Crippen LogP contribution in [-0.2, 0) is 76.2 Å². The quantitative estimate of drug-likeness (QED) is 0.0276. The zero-order chi connectivity index (χ0) is 84.5. The van der Waals surface area contributed by atoms with Crippen molar-refractivity contribution in [2.24, 2.45) is 21.1 Å². The molecular formula is C90H86F6N14O10. The third-order valence-electron chi connectivity index (χ3n) is 22.3. The fraction of sp³-hybridized carbons (Fsp3) is 0.267. The molecule has 7 aromatic heterocycles. The molecule has 30 heteroatoms. The van der Waals surface area contributed by atoms with E-state index in [1.54, 1.807) is 54.8 Å². The number of hydrogen-bond acceptors (Lipinski definition) is 13. The lowest BCUT2D eigenvalue weighted by molar-refractivity contribution is -0.138. The number of rotatable bonds is 19. The van der Waals surface area contributed by atoms with E-state index in [4.69, 9.17) is 23.7 Å². The Morgan fingerprint density at radius 3 is 1.35 bits per heavy atom. The Bertz CT molecular complexity index is 6170. The molecule has 2 aliphatic heterocycles. The summed E-state index contributed by atoms with van der Waals surface area (Å²) < 4.78 is 109. The molecule has 1 atom stereocenters. The van der Waals surface area contributed by atoms with Crippen LogP contribution in [0.3, 0.4) is 0 Å². The van der Waals surface area contributed by atoms with Crippen LogP contribution in [0.2, 0.25) is 0 Å². The predicted octanol–water partition coefficient (Wildman–Crippen LogP) is 15.5. The van der Waals surface area contributed by atoms with Crippen molar-refractivity contribution in [2.45, 2.75) is 85.9 Å². The summed E-state index contributed by atoms with van der Waals surface area (Å²) in [7, 11) is 10.4. The summed E-state index contributed by atoms with van der Waals surface area (Å²) >= 11 is 0. The lowest BCUT2D eigenvalue weighted by Crippen LogP contribution is -2.59. The summed E-state index contributed by atoms with van der Waals surface area (Å²) in [6.45, 7) is 3.87. The van der Waals surface area contributed by atoms with Crippen LogP contribution in [0.15, 0.2) is 219 Å². The number of aromatic nitrogens is 10. The van der Waals surface area contributed by atoms with E-state index in [-0.39, 0.29) is 58.5 Å². The number of nitrogens with one attached hydrogen (secondary N) is 8. The molecule has 9 heterocycles. The number of aryl methyl sites for hydroxylation is 3. The number of ketones is 1. The van der Waals surface area contributed by atoms with E-state index >= 15 is 0 Å². The minimum absolute atomic E-state index is 0.0303. The standard InChI is InChI=1S/C20H16F3NO2.C20H19NO3.C17H15F3N4O.C17H18N4O2.C16H18N4O2/c21-20(22,23)15-6-7-16-13(8-15)9-17(24-16)18(25)10-19(11-26-12-19)14-4-2-1-3-5-14;1-23-18-8-7-14-9-16(10-15(14)11-18)19(22)21-20(12-24-13-20)17-5-3-2-4-6-17;1-24-9-12(8-21-24)16(4-5-16)23-15(25)14-7-10-6-11(17(18,19)20)2-3-13(10)22-14;1-21-10-12(9-18-21)17(5-6-17)20-16(22)15-7-11-3-4-13(23-2)8-14(11)19-15;1-10(12-8-17-20(2)9-12)18-16(21)15-6-11-4-5-13(22-3)7-14(11)19-15/h1-9,24H,10-12H2;2-9,11H,10,12-13H2,1H3,(H,21,22);2-3,6-9,22H,4-5H2,1H3,(H,23,25);3-4,7-10,19H,5-6H2,1-2H3,(H,20,22);4-10,19H,1-3H3,(H,18,21). The number of ether oxygens (including phenoxy) is 5. The first-order valence-electron chi connectivity index (χ1n) is 38.7. The van der Waals surface area contributed by atoms with E-state index in [0.717, 1.165) is 134 Å². The number of H-pyrrole nitrogens is 4. The fourth-order valence-electron chi connectivity index (χ4n) is 14.9. The van der Waals surface area contributed by atoms with Gasteiger partial charge in [0, 0.05) is 136 Å². The number of aromatic amines is 4. The Balaban J connectivity index is 0.000000117. The molecule has 8 N–H and O–H groups in total. The van der Waals surface area contributed by atoms with Crippen LogP contribution in [0.5, 0.6) is 17.2 Å². The number of benzene rings is 7. The monoisotopic (exact) mass is 1640 g/mol. The summed E-state index contributed by atoms with van der Waals surface area (Å²) in [6.07, 6.45) is 8.52. The molecule has 2 saturated heterocycles. The number of methoxy groups -OCH3 is 3. The average Bonchev–Trinajstić information content (AvgIpc) is 1.65. The lowest BCUT2D eigenvalue weighted by Gasteiger charge is -2.42. The third-order valence-corrected chi connectivity index (χ3v) is 22.3. The molecule has 1 unspecified atom stereocenters. The molecule has 0 bridgehead atoms. The molecule has 0 spiro atoms. The molecule has 2 saturated carbocycles. The molecule has 14 aromatic rings. The summed E-state index contributed by atoms with van der Waals surface area (Å²) in [6, 6.07) is 50.3. The predicted molar refractivity (Wildman–Crippen MR) is 438 cm³/mol. The number of hydrogen-bond donors (Lipinski definition) is 8. The van der Waals surface area contributed by atoms with Gasteiger partial charge < -0.3 is 64.9 Å². The van der Waals surface area contributed by atoms with Crippen LogP contribution in [0.1, 0.15) is 137 Å². The SMILES string of the molecule is COc1ccc2c(c1)CC(C(=O)NC1(c3ccccc3)COC1)=C2.COc1ccc2cc(C(=O)NC(C)c3cnn(C)c3)[nH]c2c1.COc1ccc2cc(C(=O)NC3(c4cnn(C)c4)CC3)[nH]c2c1.Cn1cc(C2(NC(=O)c3cc4cc(C(F)(F)F)ccc4[nH]3)CC2)cn1.O=C(CC1(c2ccccc2)COC1)c1cc2cc(C(F)(F)F)ccc2[nH]1. The largest absolute Gasteiger partial charge is 0.497 e. The summed E-state index contributed by atoms with van der Waals surface area (Å²) in [5, 5.41) is 27.4. The molecule has 618 valence electrons. The van der Waals surface area contributed by atoms with Crippen LogP contribution in [0.4, 0.5) is 26.3 Å². The minimum Gasteiger partial charge on any atom is -0.497 e. The van der Waals surface area contributed by atoms with Gasteiger partial charge in [0.05, 0.1) is 100 Å². The van der Waals surface area contributed by atoms with Gasteiger partial charge in [0.25, 0.3) is 17.7 Å². The van der Waals surface area contributed by atoms with Gasteiger partial charge in [0.15, 0.2) is 5.78 Å². The first-order chi connectivity index (χ1) is 57.5. The van der Waals surface area contributed by atoms with Crippen molar-refractivity contribution in [1.82, 2.24) is 70.5 Å². The highest BCUT2D eigenvalue weighted by Gasteiger charge is 2.49. The van der Waals surface area contributed by atoms with Crippen molar-refractivity contribution in [3.63, 3.8) is 0 Å². The molecule has 7 aromatic carbocycles. The number of amides is 4. The fourth-order valence-corrected chi connectivity index (χ4v) is 14.9. The summed E-state index contributed by atoms with van der Waals surface area (Å²) in [5.74, 6) is 1.58. The second-order valence-electron chi connectivity index (χ2n) is 30.8. The van der Waals surface area contributed by atoms with Crippen molar-refractivity contribution in [3.8, 4) is 17.2 Å². The number of alkyl halides is 6. The number of carbonyl (C=O) groups is 5. The molecule has 5 aliphatic rings. The maximum Gasteiger partial charge on any atom is 0.416 e. The third kappa shape index (κ3) is 17.8. The van der Waals surface area contributed by atoms with E-state index in [2.05, 4.69) is 56.5 Å². The van der Waals surface area contributed by atoms with Crippen LogP contribution < -0.4 is 35.5 Å². The molecule has 4 amide bonds. The lowest BCUT2D eigenvalue weighted by atomic mass is 9.74. The Morgan fingerprint density at radius 1 is 0.458 bits per heavy atom. The van der Waals surface area contributed by atoms with Gasteiger partial charge in [-0.3, -0.25) is 38.0 Å². The van der Waals surface area contributed by atoms with E-state index < -0.39 is 34.6 Å². The molecular weight excluding hydrogens is 1550 g/mol. The second kappa shape index (κ2) is 33.1. The van der Waals surface area contributed by atoms with Gasteiger partial charge in [-0.2, -0.15) is 41.6 Å². The summed E-state index contributed by atoms with van der Waals surface area (Å²) in [4.78, 5) is 75.2. The molecule has 4 fully saturated rings. The van der Waals surface area contributed by atoms with Crippen LogP contribution in [-0.4, -0.2) is 126 Å². The van der Waals surface area contributed by atoms with Gasteiger partial charge in [-0.25, -0.2) is 0 Å². The molecule has 24 nitrogen and oxygen atoms in total. The van der Waals surface area contributed by atoms with Crippen LogP contribution in [0.25, 0.3) is 49.7 Å². The van der Waals surface area contributed by atoms with E-state index in [1.807, 2.05) is 179 Å². The van der Waals surface area contributed by atoms with Gasteiger partial charge in [0.2, 0.25) is 5.91 Å². The Morgan fingerprint density at radius 2 is 0.900 bits per heavy atom. The number of fused-ring (bicyclic) bond motifs is 5. The Labute approximate surface area is 684 Å². The second-order valence-corrected chi connectivity index (χ2v) is 30.8. The van der Waals surface area contributed by atoms with Crippen molar-refractivity contribution in [1.29, 1.82) is 0 Å². The van der Waals surface area contributed by atoms with Gasteiger partial charge >= 0.3 is 12.4 Å². The van der Waals surface area contributed by atoms with Crippen molar-refractivity contribution < 1.29 is 74.0 Å².